The molecule has 1 atom stereocenters. The molecule has 2 aliphatic rings. The van der Waals surface area contributed by atoms with E-state index in [1.807, 2.05) is 25.7 Å². The first kappa shape index (κ1) is 29.0. The number of halogens is 6. The van der Waals surface area contributed by atoms with Crippen LogP contribution >= 0.6 is 0 Å². The fourth-order valence-corrected chi connectivity index (χ4v) is 5.48. The van der Waals surface area contributed by atoms with E-state index in [-0.39, 0.29) is 41.7 Å². The number of benzene rings is 1. The van der Waals surface area contributed by atoms with Crippen molar-refractivity contribution in [1.82, 2.24) is 15.1 Å². The maximum absolute atomic E-state index is 13.2. The zero-order valence-corrected chi connectivity index (χ0v) is 21.9. The van der Waals surface area contributed by atoms with Gasteiger partial charge in [0.15, 0.2) is 0 Å². The van der Waals surface area contributed by atoms with Gasteiger partial charge in [0.05, 0.1) is 17.7 Å². The maximum atomic E-state index is 13.2. The number of nitrogens with zero attached hydrogens (tertiary/aromatic N) is 2. The molecule has 6 nitrogen and oxygen atoms in total. The van der Waals surface area contributed by atoms with Gasteiger partial charge in [0.2, 0.25) is 11.8 Å². The van der Waals surface area contributed by atoms with E-state index in [9.17, 15) is 35.9 Å². The molecule has 2 fully saturated rings. The summed E-state index contributed by atoms with van der Waals surface area (Å²) < 4.78 is 85.1. The third-order valence-corrected chi connectivity index (χ3v) is 7.43. The molecule has 2 saturated heterocycles. The van der Waals surface area contributed by atoms with Crippen LogP contribution in [0.25, 0.3) is 11.3 Å². The Morgan fingerprint density at radius 3 is 2.10 bits per heavy atom. The number of furan rings is 1. The van der Waals surface area contributed by atoms with Gasteiger partial charge in [0, 0.05) is 25.2 Å². The van der Waals surface area contributed by atoms with Crippen LogP contribution in [-0.4, -0.2) is 52.8 Å². The van der Waals surface area contributed by atoms with Crippen molar-refractivity contribution in [3.05, 3.63) is 47.2 Å². The highest BCUT2D eigenvalue weighted by molar-refractivity contribution is 6.00. The van der Waals surface area contributed by atoms with Gasteiger partial charge in [-0.1, -0.05) is 13.8 Å². The minimum Gasteiger partial charge on any atom is -0.460 e. The second-order valence-corrected chi connectivity index (χ2v) is 10.6. The van der Waals surface area contributed by atoms with Crippen LogP contribution in [0.4, 0.5) is 26.3 Å². The van der Waals surface area contributed by atoms with Crippen molar-refractivity contribution in [2.45, 2.75) is 70.5 Å². The molecule has 0 saturated carbocycles. The van der Waals surface area contributed by atoms with Crippen molar-refractivity contribution in [3.8, 4) is 11.3 Å². The zero-order chi connectivity index (χ0) is 28.8. The molecule has 1 unspecified atom stereocenters. The number of piperazine rings is 1. The lowest BCUT2D eigenvalue weighted by Crippen LogP contribution is -2.72. The van der Waals surface area contributed by atoms with E-state index in [1.165, 1.54) is 12.1 Å². The molecule has 39 heavy (non-hydrogen) atoms. The number of likely N-dealkylation sites (tertiary alicyclic amines) is 1. The summed E-state index contributed by atoms with van der Waals surface area (Å²) in [4.78, 5) is 30.0. The number of alkyl halides is 6. The van der Waals surface area contributed by atoms with Gasteiger partial charge < -0.3 is 14.6 Å². The summed E-state index contributed by atoms with van der Waals surface area (Å²) >= 11 is 0. The van der Waals surface area contributed by atoms with E-state index < -0.39 is 35.1 Å². The quantitative estimate of drug-likeness (QED) is 0.461. The maximum Gasteiger partial charge on any atom is 0.416 e. The van der Waals surface area contributed by atoms with E-state index in [0.29, 0.717) is 56.8 Å². The number of nitrogens with one attached hydrogen (secondary N) is 1. The largest absolute Gasteiger partial charge is 0.460 e. The molecule has 1 aromatic carbocycles. The van der Waals surface area contributed by atoms with Crippen LogP contribution in [0.2, 0.25) is 0 Å². The van der Waals surface area contributed by atoms with Gasteiger partial charge in [0.25, 0.3) is 0 Å². The van der Waals surface area contributed by atoms with Gasteiger partial charge in [-0.3, -0.25) is 14.5 Å². The molecule has 1 aromatic heterocycles. The third-order valence-electron chi connectivity index (χ3n) is 7.43. The van der Waals surface area contributed by atoms with Crippen LogP contribution in [0.1, 0.15) is 56.9 Å². The van der Waals surface area contributed by atoms with E-state index >= 15 is 0 Å². The van der Waals surface area contributed by atoms with Crippen molar-refractivity contribution in [2.75, 3.05) is 19.6 Å². The number of likely N-dealkylation sites (N-methyl/N-ethyl adjacent to an activating group) is 1. The van der Waals surface area contributed by atoms with Crippen LogP contribution in [0.15, 0.2) is 34.7 Å². The van der Waals surface area contributed by atoms with Gasteiger partial charge in [-0.05, 0) is 62.4 Å². The molecule has 1 spiro atoms. The number of rotatable bonds is 6. The van der Waals surface area contributed by atoms with Crippen LogP contribution in [-0.2, 0) is 28.5 Å². The van der Waals surface area contributed by atoms with Crippen LogP contribution in [0.5, 0.6) is 0 Å². The molecule has 1 N–H and O–H groups in total. The number of amides is 2. The molecule has 0 aliphatic carbocycles. The Morgan fingerprint density at radius 2 is 1.59 bits per heavy atom. The van der Waals surface area contributed by atoms with Crippen molar-refractivity contribution in [2.24, 2.45) is 5.92 Å². The van der Waals surface area contributed by atoms with Crippen molar-refractivity contribution >= 4 is 11.8 Å². The molecule has 12 heteroatoms. The Bertz CT molecular complexity index is 1180. The monoisotopic (exact) mass is 559 g/mol. The Morgan fingerprint density at radius 1 is 1.00 bits per heavy atom. The van der Waals surface area contributed by atoms with Crippen LogP contribution in [0.3, 0.4) is 0 Å². The van der Waals surface area contributed by atoms with Gasteiger partial charge >= 0.3 is 12.4 Å². The standard InChI is InChI=1S/C27H31F6N3O3/c1-4-36-23(37)21(11-16(2)3)34-24(38)25(36)7-9-35(10-8-25)15-20-5-6-22(39-20)17-12-18(26(28,29)30)14-19(13-17)27(31,32)33/h5-6,12-14,16,21H,4,7-11,15H2,1-3H3,(H,34,38). The lowest BCUT2D eigenvalue weighted by molar-refractivity contribution is -0.161. The van der Waals surface area contributed by atoms with Crippen molar-refractivity contribution in [1.29, 1.82) is 0 Å². The van der Waals surface area contributed by atoms with E-state index in [2.05, 4.69) is 5.32 Å². The lowest BCUT2D eigenvalue weighted by Gasteiger charge is -2.51. The number of hydrogen-bond acceptors (Lipinski definition) is 4. The third kappa shape index (κ3) is 5.95. The SMILES string of the molecule is CCN1C(=O)C(CC(C)C)NC(=O)C12CCN(Cc1ccc(-c3cc(C(F)(F)F)cc(C(F)(F)F)c3)o1)CC2. The Labute approximate surface area is 222 Å². The molecular formula is C27H31F6N3O3. The molecule has 0 radical (unpaired) electrons. The smallest absolute Gasteiger partial charge is 0.416 e. The van der Waals surface area contributed by atoms with Gasteiger partial charge in [-0.25, -0.2) is 0 Å². The second kappa shape index (κ2) is 10.5. The van der Waals surface area contributed by atoms with Crippen LogP contribution in [0, 0.1) is 5.92 Å². The first-order chi connectivity index (χ1) is 18.1. The topological polar surface area (TPSA) is 65.8 Å². The number of carbonyl (C=O) groups is 2. The molecule has 0 bridgehead atoms. The Kier molecular flexibility index (Phi) is 7.81. The first-order valence-electron chi connectivity index (χ1n) is 12.9. The summed E-state index contributed by atoms with van der Waals surface area (Å²) in [7, 11) is 0. The lowest BCUT2D eigenvalue weighted by atomic mass is 9.81. The normalized spacial score (nSPS) is 20.7. The minimum atomic E-state index is -4.96. The predicted molar refractivity (Wildman–Crippen MR) is 130 cm³/mol. The van der Waals surface area contributed by atoms with Gasteiger partial charge in [0.1, 0.15) is 23.1 Å². The summed E-state index contributed by atoms with van der Waals surface area (Å²) in [6.45, 7) is 7.37. The summed E-state index contributed by atoms with van der Waals surface area (Å²) in [6.07, 6.45) is -8.57. The fraction of sp³-hybridized carbons (Fsp3) is 0.556. The number of hydrogen-bond donors (Lipinski definition) is 1. The average molecular weight is 560 g/mol. The number of carbonyl (C=O) groups excluding carboxylic acids is 2. The summed E-state index contributed by atoms with van der Waals surface area (Å²) in [6, 6.07) is 3.65. The summed E-state index contributed by atoms with van der Waals surface area (Å²) in [5.74, 6) is 0.234. The molecule has 2 aliphatic heterocycles. The first-order valence-corrected chi connectivity index (χ1v) is 12.9. The molecule has 4 rings (SSSR count). The fourth-order valence-electron chi connectivity index (χ4n) is 5.48. The highest BCUT2D eigenvalue weighted by Crippen LogP contribution is 2.39. The van der Waals surface area contributed by atoms with Crippen molar-refractivity contribution in [3.63, 3.8) is 0 Å². The van der Waals surface area contributed by atoms with E-state index in [1.54, 1.807) is 4.90 Å². The van der Waals surface area contributed by atoms with E-state index in [4.69, 9.17) is 4.42 Å². The highest BCUT2D eigenvalue weighted by atomic mass is 19.4. The zero-order valence-electron chi connectivity index (χ0n) is 21.9. The van der Waals surface area contributed by atoms with Gasteiger partial charge in [-0.2, -0.15) is 26.3 Å². The van der Waals surface area contributed by atoms with Crippen LogP contribution < -0.4 is 5.32 Å². The summed E-state index contributed by atoms with van der Waals surface area (Å²) in [5, 5.41) is 2.91. The second-order valence-electron chi connectivity index (χ2n) is 10.6. The molecule has 2 amide bonds. The molecule has 214 valence electrons. The molecular weight excluding hydrogens is 528 g/mol. The van der Waals surface area contributed by atoms with E-state index in [0.717, 1.165) is 0 Å². The minimum absolute atomic E-state index is 0.0771. The predicted octanol–water partition coefficient (Wildman–Crippen LogP) is 5.71. The Balaban J connectivity index is 1.47. The van der Waals surface area contributed by atoms with Gasteiger partial charge in [-0.15, -0.1) is 0 Å². The summed E-state index contributed by atoms with van der Waals surface area (Å²) in [5.41, 5.74) is -4.10. The van der Waals surface area contributed by atoms with Crippen molar-refractivity contribution < 1.29 is 40.3 Å². The molecule has 3 heterocycles. The Hall–Kier alpha value is -3.02. The molecule has 2 aromatic rings. The number of piperidine rings is 1. The highest BCUT2D eigenvalue weighted by Gasteiger charge is 2.53. The average Bonchev–Trinajstić information content (AvgIpc) is 3.31.